The summed E-state index contributed by atoms with van der Waals surface area (Å²) in [5.74, 6) is 0.113. The molecule has 0 saturated heterocycles. The third kappa shape index (κ3) is 2.94. The highest BCUT2D eigenvalue weighted by atomic mass is 35.5. The van der Waals surface area contributed by atoms with E-state index in [9.17, 15) is 4.79 Å². The van der Waals surface area contributed by atoms with Gasteiger partial charge in [0.2, 0.25) is 0 Å². The van der Waals surface area contributed by atoms with E-state index in [1.54, 1.807) is 24.3 Å². The fraction of sp³-hybridized carbons (Fsp3) is 0. The maximum absolute atomic E-state index is 10.4. The lowest BCUT2D eigenvalue weighted by Gasteiger charge is -2.06. The molecule has 0 radical (unpaired) electrons. The minimum atomic E-state index is -1.39. The van der Waals surface area contributed by atoms with Gasteiger partial charge in [0.15, 0.2) is 5.75 Å². The maximum Gasteiger partial charge on any atom is 0.511 e. The predicted octanol–water partition coefficient (Wildman–Crippen LogP) is 4.72. The molecular formula is C13H8Cl2O3. The lowest BCUT2D eigenvalue weighted by molar-refractivity contribution is 0.144. The molecule has 5 heteroatoms. The van der Waals surface area contributed by atoms with Gasteiger partial charge in [-0.1, -0.05) is 41.4 Å². The summed E-state index contributed by atoms with van der Waals surface area (Å²) >= 11 is 11.7. The van der Waals surface area contributed by atoms with Crippen molar-refractivity contribution < 1.29 is 14.6 Å². The van der Waals surface area contributed by atoms with Gasteiger partial charge in [-0.25, -0.2) is 4.79 Å². The van der Waals surface area contributed by atoms with Crippen LogP contribution in [0.4, 0.5) is 4.79 Å². The molecule has 0 atom stereocenters. The predicted molar refractivity (Wildman–Crippen MR) is 70.6 cm³/mol. The number of hydrogen-bond donors (Lipinski definition) is 1. The first-order valence-electron chi connectivity index (χ1n) is 5.02. The van der Waals surface area contributed by atoms with Crippen LogP contribution in [0, 0.1) is 0 Å². The Hall–Kier alpha value is -1.71. The molecule has 2 aromatic rings. The van der Waals surface area contributed by atoms with E-state index in [0.29, 0.717) is 5.02 Å². The highest BCUT2D eigenvalue weighted by Gasteiger charge is 2.08. The zero-order chi connectivity index (χ0) is 13.1. The van der Waals surface area contributed by atoms with E-state index in [2.05, 4.69) is 4.74 Å². The van der Waals surface area contributed by atoms with E-state index in [4.69, 9.17) is 28.3 Å². The van der Waals surface area contributed by atoms with Crippen LogP contribution in [-0.4, -0.2) is 11.3 Å². The fourth-order valence-corrected chi connectivity index (χ4v) is 1.84. The Kier molecular flexibility index (Phi) is 3.75. The van der Waals surface area contributed by atoms with Crippen LogP contribution in [0.15, 0.2) is 42.5 Å². The van der Waals surface area contributed by atoms with Crippen LogP contribution in [0.1, 0.15) is 0 Å². The largest absolute Gasteiger partial charge is 0.511 e. The van der Waals surface area contributed by atoms with Gasteiger partial charge in [0.1, 0.15) is 0 Å². The molecule has 0 aromatic heterocycles. The molecule has 0 spiro atoms. The number of carboxylic acid groups (broad SMARTS) is 1. The summed E-state index contributed by atoms with van der Waals surface area (Å²) in [6.07, 6.45) is -1.39. The summed E-state index contributed by atoms with van der Waals surface area (Å²) in [6, 6.07) is 12.1. The van der Waals surface area contributed by atoms with Crippen molar-refractivity contribution in [2.45, 2.75) is 0 Å². The van der Waals surface area contributed by atoms with Gasteiger partial charge in [0.05, 0.1) is 5.02 Å². The van der Waals surface area contributed by atoms with Crippen molar-refractivity contribution in [3.63, 3.8) is 0 Å². The Morgan fingerprint density at radius 3 is 2.17 bits per heavy atom. The minimum absolute atomic E-state index is 0.113. The first-order valence-corrected chi connectivity index (χ1v) is 5.78. The second kappa shape index (κ2) is 5.29. The molecule has 0 unspecified atom stereocenters. The van der Waals surface area contributed by atoms with Crippen molar-refractivity contribution in [1.82, 2.24) is 0 Å². The van der Waals surface area contributed by atoms with Crippen molar-refractivity contribution in [2.24, 2.45) is 0 Å². The molecule has 2 rings (SSSR count). The van der Waals surface area contributed by atoms with Crippen LogP contribution in [0.5, 0.6) is 5.75 Å². The van der Waals surface area contributed by atoms with Crippen molar-refractivity contribution in [1.29, 1.82) is 0 Å². The molecule has 0 heterocycles. The van der Waals surface area contributed by atoms with Gasteiger partial charge in [-0.15, -0.1) is 0 Å². The van der Waals surface area contributed by atoms with Crippen LogP contribution < -0.4 is 4.74 Å². The summed E-state index contributed by atoms with van der Waals surface area (Å²) in [7, 11) is 0. The van der Waals surface area contributed by atoms with Gasteiger partial charge >= 0.3 is 6.16 Å². The van der Waals surface area contributed by atoms with Crippen LogP contribution in [0.3, 0.4) is 0 Å². The zero-order valence-corrected chi connectivity index (χ0v) is 10.6. The standard InChI is InChI=1S/C13H8Cl2O3/c14-10-4-1-8(2-5-10)9-3-6-12(11(15)7-9)18-13(16)17/h1-7H,(H,16,17). The average molecular weight is 283 g/mol. The highest BCUT2D eigenvalue weighted by molar-refractivity contribution is 6.32. The number of benzene rings is 2. The van der Waals surface area contributed by atoms with Gasteiger partial charge in [-0.3, -0.25) is 0 Å². The van der Waals surface area contributed by atoms with E-state index in [1.165, 1.54) is 6.07 Å². The van der Waals surface area contributed by atoms with E-state index in [1.807, 2.05) is 12.1 Å². The lowest BCUT2D eigenvalue weighted by atomic mass is 10.1. The molecule has 0 fully saturated rings. The van der Waals surface area contributed by atoms with Crippen molar-refractivity contribution in [3.05, 3.63) is 52.5 Å². The normalized spacial score (nSPS) is 10.1. The summed E-state index contributed by atoms with van der Waals surface area (Å²) in [4.78, 5) is 10.4. The number of halogens is 2. The van der Waals surface area contributed by atoms with Crippen LogP contribution in [0.25, 0.3) is 11.1 Å². The lowest BCUT2D eigenvalue weighted by Crippen LogP contribution is -2.03. The highest BCUT2D eigenvalue weighted by Crippen LogP contribution is 2.30. The third-order valence-corrected chi connectivity index (χ3v) is 2.85. The summed E-state index contributed by atoms with van der Waals surface area (Å²) in [5.41, 5.74) is 1.79. The Labute approximate surface area is 114 Å². The molecule has 0 bridgehead atoms. The third-order valence-electron chi connectivity index (χ3n) is 2.31. The molecule has 2 aromatic carbocycles. The SMILES string of the molecule is O=C(O)Oc1ccc(-c2ccc(Cl)cc2)cc1Cl. The monoisotopic (exact) mass is 282 g/mol. The van der Waals surface area contributed by atoms with Crippen LogP contribution in [-0.2, 0) is 0 Å². The van der Waals surface area contributed by atoms with Crippen LogP contribution >= 0.6 is 23.2 Å². The smallest absolute Gasteiger partial charge is 0.449 e. The summed E-state index contributed by atoms with van der Waals surface area (Å²) in [6.45, 7) is 0. The molecule has 92 valence electrons. The zero-order valence-electron chi connectivity index (χ0n) is 9.06. The van der Waals surface area contributed by atoms with Gasteiger partial charge in [0, 0.05) is 5.02 Å². The molecule has 0 aliphatic rings. The van der Waals surface area contributed by atoms with Crippen molar-refractivity contribution in [2.75, 3.05) is 0 Å². The number of rotatable bonds is 2. The quantitative estimate of drug-likeness (QED) is 0.641. The van der Waals surface area contributed by atoms with Crippen molar-refractivity contribution >= 4 is 29.4 Å². The molecule has 3 nitrogen and oxygen atoms in total. The minimum Gasteiger partial charge on any atom is -0.449 e. The molecular weight excluding hydrogens is 275 g/mol. The van der Waals surface area contributed by atoms with Gasteiger partial charge < -0.3 is 9.84 Å². The fourth-order valence-electron chi connectivity index (χ4n) is 1.50. The average Bonchev–Trinajstić information content (AvgIpc) is 2.32. The Bertz CT molecular complexity index is 579. The maximum atomic E-state index is 10.4. The molecule has 0 saturated carbocycles. The van der Waals surface area contributed by atoms with E-state index >= 15 is 0 Å². The first-order chi connectivity index (χ1) is 8.56. The first kappa shape index (κ1) is 12.7. The molecule has 1 N–H and O–H groups in total. The van der Waals surface area contributed by atoms with E-state index < -0.39 is 6.16 Å². The van der Waals surface area contributed by atoms with Gasteiger partial charge in [-0.05, 0) is 35.4 Å². The molecule has 18 heavy (non-hydrogen) atoms. The topological polar surface area (TPSA) is 46.5 Å². The molecule has 0 amide bonds. The second-order valence-corrected chi connectivity index (χ2v) is 4.36. The van der Waals surface area contributed by atoms with E-state index in [0.717, 1.165) is 11.1 Å². The van der Waals surface area contributed by atoms with Gasteiger partial charge in [-0.2, -0.15) is 0 Å². The Morgan fingerprint density at radius 1 is 1.00 bits per heavy atom. The second-order valence-electron chi connectivity index (χ2n) is 3.52. The van der Waals surface area contributed by atoms with Gasteiger partial charge in [0.25, 0.3) is 0 Å². The number of carbonyl (C=O) groups is 1. The van der Waals surface area contributed by atoms with Crippen molar-refractivity contribution in [3.8, 4) is 16.9 Å². The van der Waals surface area contributed by atoms with E-state index in [-0.39, 0.29) is 10.8 Å². The summed E-state index contributed by atoms with van der Waals surface area (Å²) < 4.78 is 4.52. The molecule has 0 aliphatic carbocycles. The summed E-state index contributed by atoms with van der Waals surface area (Å²) in [5, 5.41) is 9.40. The Balaban J connectivity index is 2.33. The molecule has 0 aliphatic heterocycles. The number of hydrogen-bond acceptors (Lipinski definition) is 2. The number of ether oxygens (including phenoxy) is 1. The Morgan fingerprint density at radius 2 is 1.61 bits per heavy atom. The van der Waals surface area contributed by atoms with Crippen LogP contribution in [0.2, 0.25) is 10.0 Å².